The average Bonchev–Trinajstić information content (AvgIpc) is 2.71. The Hall–Kier alpha value is -2.66. The molecule has 3 rings (SSSR count). The summed E-state index contributed by atoms with van der Waals surface area (Å²) in [5, 5.41) is 2.92. The minimum Gasteiger partial charge on any atom is -0.462 e. The zero-order valence-corrected chi connectivity index (χ0v) is 16.7. The van der Waals surface area contributed by atoms with Gasteiger partial charge >= 0.3 is 5.97 Å². The zero-order valence-electron chi connectivity index (χ0n) is 16.7. The topological polar surface area (TPSA) is 58.6 Å². The number of anilines is 1. The fourth-order valence-corrected chi connectivity index (χ4v) is 3.48. The lowest BCUT2D eigenvalue weighted by atomic mass is 10.1. The number of benzene rings is 2. The standard InChI is InChI=1S/C23H28N2O3/c1-3-28-23(27)20-11-12-21(17(2)15-20)24-22(26)19-9-7-18(8-10-19)16-25-13-5-4-6-14-25/h7-12,15H,3-6,13-14,16H2,1-2H3,(H,24,26). The van der Waals surface area contributed by atoms with Crippen molar-refractivity contribution in [2.45, 2.75) is 39.7 Å². The van der Waals surface area contributed by atoms with Crippen molar-refractivity contribution in [2.24, 2.45) is 0 Å². The number of amides is 1. The summed E-state index contributed by atoms with van der Waals surface area (Å²) in [4.78, 5) is 26.9. The highest BCUT2D eigenvalue weighted by Gasteiger charge is 2.13. The number of esters is 1. The van der Waals surface area contributed by atoms with Gasteiger partial charge in [0.1, 0.15) is 0 Å². The van der Waals surface area contributed by atoms with E-state index in [2.05, 4.69) is 10.2 Å². The number of piperidine rings is 1. The Bertz CT molecular complexity index is 824. The van der Waals surface area contributed by atoms with Gasteiger partial charge in [-0.3, -0.25) is 9.69 Å². The Balaban J connectivity index is 1.61. The molecule has 0 spiro atoms. The molecule has 0 unspecified atom stereocenters. The van der Waals surface area contributed by atoms with E-state index < -0.39 is 0 Å². The summed E-state index contributed by atoms with van der Waals surface area (Å²) in [5.74, 6) is -0.510. The highest BCUT2D eigenvalue weighted by molar-refractivity contribution is 6.05. The molecular formula is C23H28N2O3. The Kier molecular flexibility index (Phi) is 6.82. The number of hydrogen-bond donors (Lipinski definition) is 1. The van der Waals surface area contributed by atoms with Gasteiger partial charge in [-0.15, -0.1) is 0 Å². The van der Waals surface area contributed by atoms with Gasteiger partial charge in [0.15, 0.2) is 0 Å². The molecule has 5 heteroatoms. The van der Waals surface area contributed by atoms with Crippen molar-refractivity contribution >= 4 is 17.6 Å². The predicted octanol–water partition coefficient (Wildman–Crippen LogP) is 4.41. The maximum Gasteiger partial charge on any atom is 0.338 e. The third kappa shape index (κ3) is 5.20. The first-order valence-corrected chi connectivity index (χ1v) is 9.97. The van der Waals surface area contributed by atoms with E-state index in [1.54, 1.807) is 25.1 Å². The Labute approximate surface area is 166 Å². The summed E-state index contributed by atoms with van der Waals surface area (Å²) in [6.45, 7) is 7.23. The fraction of sp³-hybridized carbons (Fsp3) is 0.391. The molecule has 1 N–H and O–H groups in total. The Morgan fingerprint density at radius 3 is 2.32 bits per heavy atom. The van der Waals surface area contributed by atoms with Gasteiger partial charge in [-0.05, 0) is 81.2 Å². The van der Waals surface area contributed by atoms with Gasteiger partial charge < -0.3 is 10.1 Å². The maximum absolute atomic E-state index is 12.6. The van der Waals surface area contributed by atoms with Crippen LogP contribution in [-0.4, -0.2) is 36.5 Å². The molecule has 0 atom stereocenters. The van der Waals surface area contributed by atoms with Crippen molar-refractivity contribution in [3.8, 4) is 0 Å². The van der Waals surface area contributed by atoms with Crippen LogP contribution >= 0.6 is 0 Å². The summed E-state index contributed by atoms with van der Waals surface area (Å²) in [6.07, 6.45) is 3.87. The first-order valence-electron chi connectivity index (χ1n) is 9.97. The number of nitrogens with one attached hydrogen (secondary N) is 1. The van der Waals surface area contributed by atoms with Crippen molar-refractivity contribution < 1.29 is 14.3 Å². The second-order valence-electron chi connectivity index (χ2n) is 7.24. The van der Waals surface area contributed by atoms with Crippen molar-refractivity contribution in [2.75, 3.05) is 25.0 Å². The van der Waals surface area contributed by atoms with E-state index in [9.17, 15) is 9.59 Å². The van der Waals surface area contributed by atoms with Crippen LogP contribution in [0.2, 0.25) is 0 Å². The number of likely N-dealkylation sites (tertiary alicyclic amines) is 1. The van der Waals surface area contributed by atoms with E-state index in [4.69, 9.17) is 4.74 Å². The lowest BCUT2D eigenvalue weighted by Crippen LogP contribution is -2.29. The molecular weight excluding hydrogens is 352 g/mol. The number of carbonyl (C=O) groups is 2. The van der Waals surface area contributed by atoms with Gasteiger partial charge in [0.05, 0.1) is 12.2 Å². The third-order valence-corrected chi connectivity index (χ3v) is 5.06. The molecule has 0 bridgehead atoms. The van der Waals surface area contributed by atoms with Gasteiger partial charge in [0.2, 0.25) is 0 Å². The van der Waals surface area contributed by atoms with E-state index in [0.717, 1.165) is 25.2 Å². The molecule has 1 saturated heterocycles. The summed E-state index contributed by atoms with van der Waals surface area (Å²) < 4.78 is 5.01. The van der Waals surface area contributed by atoms with E-state index in [-0.39, 0.29) is 11.9 Å². The van der Waals surface area contributed by atoms with Crippen LogP contribution in [-0.2, 0) is 11.3 Å². The van der Waals surface area contributed by atoms with Crippen molar-refractivity contribution in [1.29, 1.82) is 0 Å². The second-order valence-corrected chi connectivity index (χ2v) is 7.24. The molecule has 1 amide bonds. The summed E-state index contributed by atoms with van der Waals surface area (Å²) in [6, 6.07) is 12.9. The predicted molar refractivity (Wildman–Crippen MR) is 111 cm³/mol. The molecule has 148 valence electrons. The number of nitrogens with zero attached hydrogens (tertiary/aromatic N) is 1. The van der Waals surface area contributed by atoms with Gasteiger partial charge in [0, 0.05) is 17.8 Å². The van der Waals surface area contributed by atoms with Gasteiger partial charge in [-0.25, -0.2) is 4.79 Å². The molecule has 2 aromatic carbocycles. The van der Waals surface area contributed by atoms with Crippen molar-refractivity contribution in [1.82, 2.24) is 4.90 Å². The first kappa shape index (κ1) is 20.1. The molecule has 0 radical (unpaired) electrons. The Morgan fingerprint density at radius 1 is 1.00 bits per heavy atom. The van der Waals surface area contributed by atoms with Gasteiger partial charge in [-0.2, -0.15) is 0 Å². The normalized spacial score (nSPS) is 14.5. The number of hydrogen-bond acceptors (Lipinski definition) is 4. The molecule has 0 saturated carbocycles. The zero-order chi connectivity index (χ0) is 19.9. The van der Waals surface area contributed by atoms with E-state index in [1.165, 1.54) is 24.8 Å². The molecule has 0 aromatic heterocycles. The number of rotatable bonds is 6. The average molecular weight is 380 g/mol. The molecule has 5 nitrogen and oxygen atoms in total. The van der Waals surface area contributed by atoms with Crippen LogP contribution < -0.4 is 5.32 Å². The molecule has 2 aromatic rings. The second kappa shape index (κ2) is 9.51. The molecule has 1 heterocycles. The van der Waals surface area contributed by atoms with Crippen LogP contribution in [0.4, 0.5) is 5.69 Å². The molecule has 1 aliphatic heterocycles. The summed E-state index contributed by atoms with van der Waals surface area (Å²) >= 11 is 0. The largest absolute Gasteiger partial charge is 0.462 e. The van der Waals surface area contributed by atoms with Gasteiger partial charge in [-0.1, -0.05) is 18.6 Å². The quantitative estimate of drug-likeness (QED) is 0.754. The summed E-state index contributed by atoms with van der Waals surface area (Å²) in [5.41, 5.74) is 3.85. The van der Waals surface area contributed by atoms with Crippen molar-refractivity contribution in [3.05, 3.63) is 64.7 Å². The number of aryl methyl sites for hydroxylation is 1. The first-order chi connectivity index (χ1) is 13.6. The minimum absolute atomic E-state index is 0.156. The third-order valence-electron chi connectivity index (χ3n) is 5.06. The van der Waals surface area contributed by atoms with E-state index >= 15 is 0 Å². The highest BCUT2D eigenvalue weighted by atomic mass is 16.5. The smallest absolute Gasteiger partial charge is 0.338 e. The van der Waals surface area contributed by atoms with Crippen LogP contribution in [0.3, 0.4) is 0 Å². The number of ether oxygens (including phenoxy) is 1. The highest BCUT2D eigenvalue weighted by Crippen LogP contribution is 2.19. The van der Waals surface area contributed by atoms with Crippen LogP contribution in [0.15, 0.2) is 42.5 Å². The monoisotopic (exact) mass is 380 g/mol. The fourth-order valence-electron chi connectivity index (χ4n) is 3.48. The minimum atomic E-state index is -0.354. The van der Waals surface area contributed by atoms with E-state index in [1.807, 2.05) is 31.2 Å². The SMILES string of the molecule is CCOC(=O)c1ccc(NC(=O)c2ccc(CN3CCCCC3)cc2)c(C)c1. The van der Waals surface area contributed by atoms with Crippen LogP contribution in [0.5, 0.6) is 0 Å². The van der Waals surface area contributed by atoms with Crippen LogP contribution in [0, 0.1) is 6.92 Å². The van der Waals surface area contributed by atoms with Crippen LogP contribution in [0.1, 0.15) is 58.0 Å². The molecule has 0 aliphatic carbocycles. The van der Waals surface area contributed by atoms with E-state index in [0.29, 0.717) is 23.4 Å². The molecule has 1 fully saturated rings. The van der Waals surface area contributed by atoms with Crippen molar-refractivity contribution in [3.63, 3.8) is 0 Å². The van der Waals surface area contributed by atoms with Gasteiger partial charge in [0.25, 0.3) is 5.91 Å². The number of carbonyl (C=O) groups excluding carboxylic acids is 2. The molecule has 28 heavy (non-hydrogen) atoms. The Morgan fingerprint density at radius 2 is 1.68 bits per heavy atom. The maximum atomic E-state index is 12.6. The lowest BCUT2D eigenvalue weighted by molar-refractivity contribution is 0.0526. The lowest BCUT2D eigenvalue weighted by Gasteiger charge is -2.26. The van der Waals surface area contributed by atoms with Crippen LogP contribution in [0.25, 0.3) is 0 Å². The molecule has 1 aliphatic rings. The summed E-state index contributed by atoms with van der Waals surface area (Å²) in [7, 11) is 0.